The Kier molecular flexibility index (Phi) is 7.88. The molecule has 174 valence electrons. The van der Waals surface area contributed by atoms with Gasteiger partial charge in [0, 0.05) is 22.8 Å². The Balaban J connectivity index is 1.98. The molecule has 0 aliphatic carbocycles. The molecule has 2 amide bonds. The molecule has 34 heavy (non-hydrogen) atoms. The Bertz CT molecular complexity index is 1310. The number of hydrogen-bond donors (Lipinski definition) is 2. The van der Waals surface area contributed by atoms with Crippen molar-refractivity contribution in [1.29, 1.82) is 0 Å². The van der Waals surface area contributed by atoms with Crippen LogP contribution in [0.1, 0.15) is 21.5 Å². The predicted octanol–water partition coefficient (Wildman–Crippen LogP) is 5.63. The number of amides is 2. The molecule has 0 bridgehead atoms. The number of anilines is 1. The fourth-order valence-corrected chi connectivity index (χ4v) is 3.41. The molecule has 0 aliphatic heterocycles. The van der Waals surface area contributed by atoms with Gasteiger partial charge in [0.1, 0.15) is 11.4 Å². The van der Waals surface area contributed by atoms with Crippen molar-refractivity contribution >= 4 is 52.5 Å². The van der Waals surface area contributed by atoms with E-state index in [9.17, 15) is 19.7 Å². The minimum absolute atomic E-state index is 0.110. The molecule has 0 heterocycles. The largest absolute Gasteiger partial charge is 0.497 e. The normalized spacial score (nSPS) is 11.0. The molecule has 0 spiro atoms. The van der Waals surface area contributed by atoms with Gasteiger partial charge in [0.15, 0.2) is 0 Å². The topological polar surface area (TPSA) is 111 Å². The van der Waals surface area contributed by atoms with E-state index in [0.29, 0.717) is 27.6 Å². The zero-order valence-corrected chi connectivity index (χ0v) is 19.6. The number of benzene rings is 3. The molecule has 0 aliphatic rings. The Hall–Kier alpha value is -3.88. The number of carbonyl (C=O) groups excluding carboxylic acids is 2. The van der Waals surface area contributed by atoms with Crippen LogP contribution in [0.25, 0.3) is 6.08 Å². The maximum atomic E-state index is 13.1. The monoisotopic (exact) mass is 499 g/mol. The molecule has 3 rings (SSSR count). The van der Waals surface area contributed by atoms with E-state index in [1.54, 1.807) is 37.3 Å². The molecule has 0 fully saturated rings. The number of methoxy groups -OCH3 is 1. The first kappa shape index (κ1) is 24.8. The summed E-state index contributed by atoms with van der Waals surface area (Å²) in [5.41, 5.74) is 1.21. The van der Waals surface area contributed by atoms with Gasteiger partial charge in [-0.3, -0.25) is 19.7 Å². The van der Waals surface area contributed by atoms with Crippen molar-refractivity contribution in [3.63, 3.8) is 0 Å². The number of halogens is 2. The number of hydrogen-bond acceptors (Lipinski definition) is 5. The Morgan fingerprint density at radius 3 is 2.44 bits per heavy atom. The third-order valence-electron chi connectivity index (χ3n) is 4.82. The highest BCUT2D eigenvalue weighted by Crippen LogP contribution is 2.25. The molecule has 0 unspecified atom stereocenters. The predicted molar refractivity (Wildman–Crippen MR) is 131 cm³/mol. The first-order valence-electron chi connectivity index (χ1n) is 9.87. The molecule has 0 radical (unpaired) electrons. The molecule has 8 nitrogen and oxygen atoms in total. The molecule has 3 aromatic rings. The molecule has 0 aromatic heterocycles. The fourth-order valence-electron chi connectivity index (χ4n) is 2.98. The van der Waals surface area contributed by atoms with Gasteiger partial charge in [-0.25, -0.2) is 0 Å². The van der Waals surface area contributed by atoms with E-state index in [1.165, 1.54) is 43.5 Å². The van der Waals surface area contributed by atoms with Gasteiger partial charge in [0.25, 0.3) is 17.5 Å². The number of carbonyl (C=O) groups is 2. The second kappa shape index (κ2) is 10.8. The number of nitrogens with one attached hydrogen (secondary N) is 2. The second-order valence-corrected chi connectivity index (χ2v) is 7.89. The lowest BCUT2D eigenvalue weighted by Gasteiger charge is -2.14. The molecule has 3 aromatic carbocycles. The maximum absolute atomic E-state index is 13.1. The van der Waals surface area contributed by atoms with E-state index in [0.717, 1.165) is 0 Å². The minimum atomic E-state index is -0.658. The van der Waals surface area contributed by atoms with E-state index in [-0.39, 0.29) is 22.0 Å². The third kappa shape index (κ3) is 5.92. The minimum Gasteiger partial charge on any atom is -0.497 e. The summed E-state index contributed by atoms with van der Waals surface area (Å²) in [6.45, 7) is 1.73. The fraction of sp³-hybridized carbons (Fsp3) is 0.0833. The Morgan fingerprint density at radius 2 is 1.76 bits per heavy atom. The standard InChI is InChI=1S/C24H19Cl2N3O5/c1-14-19(25)7-4-8-21(14)27-24(31)22(12-15-5-3-6-16(11-15)29(32)33)28-23(30)18-10-9-17(34-2)13-20(18)26/h3-13H,1-2H3,(H,27,31)(H,28,30)/b22-12+. The lowest BCUT2D eigenvalue weighted by atomic mass is 10.1. The van der Waals surface area contributed by atoms with Gasteiger partial charge in [-0.05, 0) is 54.5 Å². The SMILES string of the molecule is COc1ccc(C(=O)N/C(=C/c2cccc([N+](=O)[O-])c2)C(=O)Nc2cccc(Cl)c2C)c(Cl)c1. The summed E-state index contributed by atoms with van der Waals surface area (Å²) in [4.78, 5) is 36.6. The zero-order valence-electron chi connectivity index (χ0n) is 18.1. The van der Waals surface area contributed by atoms with Gasteiger partial charge in [-0.2, -0.15) is 0 Å². The highest BCUT2D eigenvalue weighted by atomic mass is 35.5. The molecular formula is C24H19Cl2N3O5. The second-order valence-electron chi connectivity index (χ2n) is 7.08. The van der Waals surface area contributed by atoms with Gasteiger partial charge in [-0.15, -0.1) is 0 Å². The van der Waals surface area contributed by atoms with Crippen molar-refractivity contribution in [3.05, 3.63) is 103 Å². The average Bonchev–Trinajstić information content (AvgIpc) is 2.81. The number of ether oxygens (including phenoxy) is 1. The van der Waals surface area contributed by atoms with E-state index in [4.69, 9.17) is 27.9 Å². The van der Waals surface area contributed by atoms with Crippen LogP contribution in [0.15, 0.2) is 66.4 Å². The Labute approximate surface area is 205 Å². The lowest BCUT2D eigenvalue weighted by Crippen LogP contribution is -2.31. The molecule has 2 N–H and O–H groups in total. The highest BCUT2D eigenvalue weighted by Gasteiger charge is 2.19. The van der Waals surface area contributed by atoms with Gasteiger partial charge in [0.05, 0.1) is 22.6 Å². The van der Waals surface area contributed by atoms with Crippen LogP contribution in [0.2, 0.25) is 10.0 Å². The molecule has 0 saturated heterocycles. The average molecular weight is 500 g/mol. The Morgan fingerprint density at radius 1 is 1.03 bits per heavy atom. The van der Waals surface area contributed by atoms with E-state index in [1.807, 2.05) is 0 Å². The number of nitro benzene ring substituents is 1. The van der Waals surface area contributed by atoms with Crippen molar-refractivity contribution in [2.45, 2.75) is 6.92 Å². The number of rotatable bonds is 7. The molecule has 0 saturated carbocycles. The van der Waals surface area contributed by atoms with Crippen LogP contribution < -0.4 is 15.4 Å². The van der Waals surface area contributed by atoms with Crippen LogP contribution in [0.4, 0.5) is 11.4 Å². The molecule has 0 atom stereocenters. The smallest absolute Gasteiger partial charge is 0.272 e. The third-order valence-corrected chi connectivity index (χ3v) is 5.54. The summed E-state index contributed by atoms with van der Waals surface area (Å²) in [6, 6.07) is 15.1. The van der Waals surface area contributed by atoms with Gasteiger partial charge in [0.2, 0.25) is 0 Å². The summed E-state index contributed by atoms with van der Waals surface area (Å²) in [6.07, 6.45) is 1.33. The first-order valence-corrected chi connectivity index (χ1v) is 10.6. The number of nitrogens with zero attached hydrogens (tertiary/aromatic N) is 1. The van der Waals surface area contributed by atoms with Crippen LogP contribution in [0.5, 0.6) is 5.75 Å². The van der Waals surface area contributed by atoms with Gasteiger partial charge < -0.3 is 15.4 Å². The van der Waals surface area contributed by atoms with E-state index < -0.39 is 16.7 Å². The van der Waals surface area contributed by atoms with Crippen LogP contribution in [0, 0.1) is 17.0 Å². The lowest BCUT2D eigenvalue weighted by molar-refractivity contribution is -0.384. The van der Waals surface area contributed by atoms with Crippen molar-refractivity contribution in [1.82, 2.24) is 5.32 Å². The maximum Gasteiger partial charge on any atom is 0.272 e. The van der Waals surface area contributed by atoms with Crippen LogP contribution in [-0.4, -0.2) is 23.8 Å². The van der Waals surface area contributed by atoms with Gasteiger partial charge >= 0.3 is 0 Å². The van der Waals surface area contributed by atoms with Crippen LogP contribution >= 0.6 is 23.2 Å². The van der Waals surface area contributed by atoms with Crippen molar-refractivity contribution in [2.24, 2.45) is 0 Å². The highest BCUT2D eigenvalue weighted by molar-refractivity contribution is 6.34. The summed E-state index contributed by atoms with van der Waals surface area (Å²) in [7, 11) is 1.47. The number of nitro groups is 1. The zero-order chi connectivity index (χ0) is 24.8. The van der Waals surface area contributed by atoms with E-state index >= 15 is 0 Å². The van der Waals surface area contributed by atoms with E-state index in [2.05, 4.69) is 10.6 Å². The molecular weight excluding hydrogens is 481 g/mol. The summed E-state index contributed by atoms with van der Waals surface area (Å²) >= 11 is 12.3. The first-order chi connectivity index (χ1) is 16.2. The summed E-state index contributed by atoms with van der Waals surface area (Å²) < 4.78 is 5.09. The van der Waals surface area contributed by atoms with Gasteiger partial charge in [-0.1, -0.05) is 41.4 Å². The van der Waals surface area contributed by atoms with Crippen LogP contribution in [-0.2, 0) is 4.79 Å². The van der Waals surface area contributed by atoms with Crippen molar-refractivity contribution < 1.29 is 19.2 Å². The van der Waals surface area contributed by atoms with Crippen molar-refractivity contribution in [2.75, 3.05) is 12.4 Å². The summed E-state index contributed by atoms with van der Waals surface area (Å²) in [5, 5.41) is 17.0. The quantitative estimate of drug-likeness (QED) is 0.248. The summed E-state index contributed by atoms with van der Waals surface area (Å²) in [5.74, 6) is -0.847. The molecule has 10 heteroatoms. The number of non-ortho nitro benzene ring substituents is 1. The van der Waals surface area contributed by atoms with Crippen molar-refractivity contribution in [3.8, 4) is 5.75 Å². The van der Waals surface area contributed by atoms with Crippen LogP contribution in [0.3, 0.4) is 0 Å².